The third-order valence-electron chi connectivity index (χ3n) is 4.44. The maximum atomic E-state index is 12.1. The SMILES string of the molecule is C=CCCCCCC(CCCCCC=C)OC(=O)CCCCCC(=O)O. The van der Waals surface area contributed by atoms with Crippen molar-refractivity contribution in [1.82, 2.24) is 0 Å². The number of hydrogen-bond acceptors (Lipinski definition) is 3. The van der Waals surface area contributed by atoms with Crippen LogP contribution in [0.25, 0.3) is 0 Å². The lowest BCUT2D eigenvalue weighted by Gasteiger charge is -2.18. The zero-order chi connectivity index (χ0) is 19.5. The molecule has 0 amide bonds. The van der Waals surface area contributed by atoms with E-state index in [4.69, 9.17) is 9.84 Å². The van der Waals surface area contributed by atoms with E-state index in [2.05, 4.69) is 13.2 Å². The van der Waals surface area contributed by atoms with E-state index in [0.717, 1.165) is 70.6 Å². The van der Waals surface area contributed by atoms with Gasteiger partial charge in [0.2, 0.25) is 0 Å². The van der Waals surface area contributed by atoms with Crippen molar-refractivity contribution in [3.05, 3.63) is 25.3 Å². The molecule has 0 saturated heterocycles. The van der Waals surface area contributed by atoms with Gasteiger partial charge in [-0.25, -0.2) is 0 Å². The number of unbranched alkanes of at least 4 members (excludes halogenated alkanes) is 8. The van der Waals surface area contributed by atoms with Crippen molar-refractivity contribution in [2.45, 2.75) is 102 Å². The summed E-state index contributed by atoms with van der Waals surface area (Å²) >= 11 is 0. The molecule has 0 bridgehead atoms. The van der Waals surface area contributed by atoms with Gasteiger partial charge in [-0.3, -0.25) is 9.59 Å². The minimum absolute atomic E-state index is 0.0222. The number of carboxylic acids is 1. The predicted octanol–water partition coefficient (Wildman–Crippen LogP) is 6.21. The summed E-state index contributed by atoms with van der Waals surface area (Å²) in [5, 5.41) is 8.61. The fourth-order valence-corrected chi connectivity index (χ4v) is 2.90. The normalized spacial score (nSPS) is 10.7. The van der Waals surface area contributed by atoms with Crippen LogP contribution in [0.15, 0.2) is 25.3 Å². The molecule has 0 rings (SSSR count). The van der Waals surface area contributed by atoms with Crippen LogP contribution in [0.3, 0.4) is 0 Å². The molecule has 26 heavy (non-hydrogen) atoms. The predicted molar refractivity (Wildman–Crippen MR) is 107 cm³/mol. The van der Waals surface area contributed by atoms with Crippen molar-refractivity contribution in [2.75, 3.05) is 0 Å². The monoisotopic (exact) mass is 366 g/mol. The van der Waals surface area contributed by atoms with Gasteiger partial charge in [0.1, 0.15) is 6.10 Å². The van der Waals surface area contributed by atoms with Crippen LogP contribution in [0, 0.1) is 0 Å². The number of ether oxygens (including phenoxy) is 1. The Balaban J connectivity index is 4.04. The topological polar surface area (TPSA) is 63.6 Å². The fourth-order valence-electron chi connectivity index (χ4n) is 2.90. The van der Waals surface area contributed by atoms with Gasteiger partial charge in [0.05, 0.1) is 0 Å². The van der Waals surface area contributed by atoms with Gasteiger partial charge >= 0.3 is 11.9 Å². The van der Waals surface area contributed by atoms with Crippen molar-refractivity contribution in [2.24, 2.45) is 0 Å². The third-order valence-corrected chi connectivity index (χ3v) is 4.44. The number of allylic oxidation sites excluding steroid dienone is 2. The Labute approximate surface area is 159 Å². The first kappa shape index (κ1) is 24.4. The Bertz CT molecular complexity index is 372. The number of rotatable bonds is 19. The van der Waals surface area contributed by atoms with Gasteiger partial charge in [-0.2, -0.15) is 0 Å². The van der Waals surface area contributed by atoms with Crippen LogP contribution in [0.4, 0.5) is 0 Å². The molecule has 0 aliphatic rings. The molecule has 0 aromatic heterocycles. The van der Waals surface area contributed by atoms with Gasteiger partial charge in [0.25, 0.3) is 0 Å². The zero-order valence-corrected chi connectivity index (χ0v) is 16.4. The molecule has 0 saturated carbocycles. The van der Waals surface area contributed by atoms with Gasteiger partial charge < -0.3 is 9.84 Å². The number of esters is 1. The second kappa shape index (κ2) is 18.2. The summed E-state index contributed by atoms with van der Waals surface area (Å²) in [6.07, 6.45) is 17.3. The van der Waals surface area contributed by atoms with Crippen molar-refractivity contribution < 1.29 is 19.4 Å². The lowest BCUT2D eigenvalue weighted by atomic mass is 10.0. The molecule has 4 heteroatoms. The van der Waals surface area contributed by atoms with Crippen LogP contribution in [0.5, 0.6) is 0 Å². The molecule has 0 unspecified atom stereocenters. The van der Waals surface area contributed by atoms with Crippen molar-refractivity contribution >= 4 is 11.9 Å². The highest BCUT2D eigenvalue weighted by Crippen LogP contribution is 2.17. The lowest BCUT2D eigenvalue weighted by molar-refractivity contribution is -0.150. The molecular formula is C22H38O4. The van der Waals surface area contributed by atoms with Gasteiger partial charge in [-0.1, -0.05) is 31.4 Å². The lowest BCUT2D eigenvalue weighted by Crippen LogP contribution is -2.18. The van der Waals surface area contributed by atoms with Crippen LogP contribution in [0.2, 0.25) is 0 Å². The van der Waals surface area contributed by atoms with E-state index >= 15 is 0 Å². The number of carbonyl (C=O) groups is 2. The minimum atomic E-state index is -0.777. The molecule has 0 radical (unpaired) electrons. The Hall–Kier alpha value is -1.58. The summed E-state index contributed by atoms with van der Waals surface area (Å²) < 4.78 is 5.70. The first-order valence-electron chi connectivity index (χ1n) is 10.2. The number of aliphatic carboxylic acids is 1. The zero-order valence-electron chi connectivity index (χ0n) is 16.4. The third kappa shape index (κ3) is 17.2. The summed E-state index contributed by atoms with van der Waals surface area (Å²) in [5.74, 6) is -0.914. The standard InChI is InChI=1S/C22H38O4/c1-3-5-7-9-12-16-20(17-13-10-8-6-4-2)26-22(25)19-15-11-14-18-21(23)24/h3-4,20H,1-2,5-19H2,(H,23,24). The van der Waals surface area contributed by atoms with Gasteiger partial charge in [0, 0.05) is 12.8 Å². The second-order valence-corrected chi connectivity index (χ2v) is 6.92. The molecule has 0 heterocycles. The van der Waals surface area contributed by atoms with Gasteiger partial charge in [-0.15, -0.1) is 13.2 Å². The molecule has 0 aliphatic heterocycles. The molecule has 0 aromatic rings. The number of carbonyl (C=O) groups excluding carboxylic acids is 1. The maximum absolute atomic E-state index is 12.1. The highest BCUT2D eigenvalue weighted by molar-refractivity contribution is 5.69. The van der Waals surface area contributed by atoms with Crippen LogP contribution in [0.1, 0.15) is 96.3 Å². The molecule has 1 N–H and O–H groups in total. The summed E-state index contributed by atoms with van der Waals surface area (Å²) in [4.78, 5) is 22.5. The Morgan fingerprint density at radius 1 is 0.769 bits per heavy atom. The van der Waals surface area contributed by atoms with E-state index in [1.54, 1.807) is 0 Å². The quantitative estimate of drug-likeness (QED) is 0.168. The van der Waals surface area contributed by atoms with E-state index < -0.39 is 5.97 Å². The van der Waals surface area contributed by atoms with E-state index in [0.29, 0.717) is 19.3 Å². The van der Waals surface area contributed by atoms with Crippen LogP contribution in [-0.4, -0.2) is 23.1 Å². The molecule has 0 aliphatic carbocycles. The highest BCUT2D eigenvalue weighted by atomic mass is 16.5. The molecular weight excluding hydrogens is 328 g/mol. The molecule has 0 atom stereocenters. The Morgan fingerprint density at radius 3 is 1.77 bits per heavy atom. The van der Waals surface area contributed by atoms with Crippen LogP contribution >= 0.6 is 0 Å². The largest absolute Gasteiger partial charge is 0.481 e. The smallest absolute Gasteiger partial charge is 0.306 e. The Kier molecular flexibility index (Phi) is 17.1. The van der Waals surface area contributed by atoms with E-state index in [-0.39, 0.29) is 18.5 Å². The summed E-state index contributed by atoms with van der Waals surface area (Å²) in [5.41, 5.74) is 0. The van der Waals surface area contributed by atoms with Crippen LogP contribution in [-0.2, 0) is 14.3 Å². The summed E-state index contributed by atoms with van der Waals surface area (Å²) in [7, 11) is 0. The summed E-state index contributed by atoms with van der Waals surface area (Å²) in [6.45, 7) is 7.48. The average molecular weight is 367 g/mol. The number of hydrogen-bond donors (Lipinski definition) is 1. The molecule has 0 aromatic carbocycles. The van der Waals surface area contributed by atoms with Crippen LogP contribution < -0.4 is 0 Å². The van der Waals surface area contributed by atoms with E-state index in [1.807, 2.05) is 12.2 Å². The van der Waals surface area contributed by atoms with E-state index in [9.17, 15) is 9.59 Å². The van der Waals surface area contributed by atoms with Gasteiger partial charge in [0.15, 0.2) is 0 Å². The average Bonchev–Trinajstić information content (AvgIpc) is 2.60. The van der Waals surface area contributed by atoms with E-state index in [1.165, 1.54) is 0 Å². The van der Waals surface area contributed by atoms with Crippen molar-refractivity contribution in [3.8, 4) is 0 Å². The molecule has 150 valence electrons. The molecule has 0 fully saturated rings. The molecule has 4 nitrogen and oxygen atoms in total. The van der Waals surface area contributed by atoms with Gasteiger partial charge in [-0.05, 0) is 64.2 Å². The highest BCUT2D eigenvalue weighted by Gasteiger charge is 2.14. The maximum Gasteiger partial charge on any atom is 0.306 e. The van der Waals surface area contributed by atoms with Crippen molar-refractivity contribution in [1.29, 1.82) is 0 Å². The minimum Gasteiger partial charge on any atom is -0.481 e. The second-order valence-electron chi connectivity index (χ2n) is 6.92. The number of carboxylic acid groups (broad SMARTS) is 1. The fraction of sp³-hybridized carbons (Fsp3) is 0.727. The molecule has 0 spiro atoms. The van der Waals surface area contributed by atoms with Crippen molar-refractivity contribution in [3.63, 3.8) is 0 Å². The Morgan fingerprint density at radius 2 is 1.27 bits per heavy atom. The first-order valence-corrected chi connectivity index (χ1v) is 10.2. The summed E-state index contributed by atoms with van der Waals surface area (Å²) in [6, 6.07) is 0. The first-order chi connectivity index (χ1) is 12.6.